The number of hydrogen-bond donors (Lipinski definition) is 1. The molecule has 1 aromatic heterocycles. The molecule has 0 bridgehead atoms. The van der Waals surface area contributed by atoms with Gasteiger partial charge in [-0.2, -0.15) is 5.26 Å². The van der Waals surface area contributed by atoms with Crippen LogP contribution in [0.4, 0.5) is 11.4 Å². The van der Waals surface area contributed by atoms with Gasteiger partial charge in [0.2, 0.25) is 0 Å². The maximum Gasteiger partial charge on any atom is 0.261 e. The Morgan fingerprint density at radius 3 is 2.76 bits per heavy atom. The summed E-state index contributed by atoms with van der Waals surface area (Å²) in [6.07, 6.45) is 3.44. The maximum atomic E-state index is 12.8. The Labute approximate surface area is 123 Å². The number of para-hydroxylation sites is 1. The predicted molar refractivity (Wildman–Crippen MR) is 82.1 cm³/mol. The molecule has 5 heteroatoms. The van der Waals surface area contributed by atoms with Gasteiger partial charge in [-0.25, -0.2) is 0 Å². The van der Waals surface area contributed by atoms with E-state index >= 15 is 0 Å². The van der Waals surface area contributed by atoms with E-state index in [1.54, 1.807) is 24.2 Å². The molecule has 1 amide bonds. The van der Waals surface area contributed by atoms with Crippen molar-refractivity contribution in [3.63, 3.8) is 0 Å². The molecule has 0 fully saturated rings. The molecular weight excluding hydrogens is 264 g/mol. The fourth-order valence-electron chi connectivity index (χ4n) is 2.05. The summed E-state index contributed by atoms with van der Waals surface area (Å²) in [6.45, 7) is 0.345. The number of pyridine rings is 1. The molecule has 2 rings (SSSR count). The third-order valence-electron chi connectivity index (χ3n) is 3.08. The lowest BCUT2D eigenvalue weighted by Gasteiger charge is -2.22. The molecule has 0 saturated heterocycles. The Hall–Kier alpha value is -2.87. The van der Waals surface area contributed by atoms with E-state index in [1.807, 2.05) is 30.3 Å². The van der Waals surface area contributed by atoms with Crippen LogP contribution in [-0.2, 0) is 0 Å². The molecule has 0 atom stereocenters. The summed E-state index contributed by atoms with van der Waals surface area (Å²) < 4.78 is 0. The number of carbonyl (C=O) groups is 1. The summed E-state index contributed by atoms with van der Waals surface area (Å²) in [4.78, 5) is 18.4. The largest absolute Gasteiger partial charge is 0.387 e. The molecule has 1 heterocycles. The molecule has 2 aromatic rings. The van der Waals surface area contributed by atoms with Crippen LogP contribution >= 0.6 is 0 Å². The van der Waals surface area contributed by atoms with E-state index in [2.05, 4.69) is 16.4 Å². The molecular formula is C16H16N4O. The Morgan fingerprint density at radius 2 is 2.10 bits per heavy atom. The van der Waals surface area contributed by atoms with Crippen LogP contribution in [0.3, 0.4) is 0 Å². The number of nitrogens with zero attached hydrogens (tertiary/aromatic N) is 3. The molecule has 0 saturated carbocycles. The van der Waals surface area contributed by atoms with Crippen LogP contribution in [0.1, 0.15) is 16.8 Å². The van der Waals surface area contributed by atoms with Crippen molar-refractivity contribution in [3.05, 3.63) is 54.4 Å². The van der Waals surface area contributed by atoms with E-state index in [1.165, 1.54) is 6.20 Å². The van der Waals surface area contributed by atoms with Gasteiger partial charge in [-0.3, -0.25) is 9.78 Å². The average Bonchev–Trinajstić information content (AvgIpc) is 2.56. The fraction of sp³-hybridized carbons (Fsp3) is 0.188. The minimum absolute atomic E-state index is 0.172. The van der Waals surface area contributed by atoms with E-state index in [0.717, 1.165) is 5.69 Å². The van der Waals surface area contributed by atoms with Crippen molar-refractivity contribution >= 4 is 17.3 Å². The third-order valence-corrected chi connectivity index (χ3v) is 3.08. The van der Waals surface area contributed by atoms with Gasteiger partial charge in [0.15, 0.2) is 0 Å². The van der Waals surface area contributed by atoms with Gasteiger partial charge in [0, 0.05) is 37.4 Å². The quantitative estimate of drug-likeness (QED) is 0.914. The molecule has 0 unspecified atom stereocenters. The molecule has 1 aromatic carbocycles. The van der Waals surface area contributed by atoms with Crippen molar-refractivity contribution in [3.8, 4) is 6.07 Å². The number of amides is 1. The van der Waals surface area contributed by atoms with Crippen molar-refractivity contribution in [1.82, 2.24) is 4.98 Å². The van der Waals surface area contributed by atoms with E-state index in [0.29, 0.717) is 17.8 Å². The second-order valence-electron chi connectivity index (χ2n) is 4.37. The minimum Gasteiger partial charge on any atom is -0.387 e. The van der Waals surface area contributed by atoms with Crippen LogP contribution in [0.2, 0.25) is 0 Å². The monoisotopic (exact) mass is 280 g/mol. The van der Waals surface area contributed by atoms with Crippen molar-refractivity contribution in [2.24, 2.45) is 0 Å². The molecule has 0 aliphatic carbocycles. The summed E-state index contributed by atoms with van der Waals surface area (Å²) in [7, 11) is 1.76. The standard InChI is InChI=1S/C16H16N4O/c1-18-15-8-10-19-12-14(15)16(21)20(11-5-9-17)13-6-3-2-4-7-13/h2-4,6-8,10,12H,5,11H2,1H3,(H,18,19). The van der Waals surface area contributed by atoms with Gasteiger partial charge >= 0.3 is 0 Å². The van der Waals surface area contributed by atoms with Gasteiger partial charge in [0.25, 0.3) is 5.91 Å². The van der Waals surface area contributed by atoms with Crippen molar-refractivity contribution in [2.75, 3.05) is 23.8 Å². The summed E-state index contributed by atoms with van der Waals surface area (Å²) in [6, 6.07) is 13.2. The van der Waals surface area contributed by atoms with Crippen LogP contribution in [0.5, 0.6) is 0 Å². The smallest absolute Gasteiger partial charge is 0.261 e. The van der Waals surface area contributed by atoms with Gasteiger partial charge in [0.1, 0.15) is 0 Å². The lowest BCUT2D eigenvalue weighted by molar-refractivity contribution is 0.0988. The number of nitrogens with one attached hydrogen (secondary N) is 1. The highest BCUT2D eigenvalue weighted by Crippen LogP contribution is 2.21. The summed E-state index contributed by atoms with van der Waals surface area (Å²) >= 11 is 0. The first-order chi connectivity index (χ1) is 10.3. The first-order valence-electron chi connectivity index (χ1n) is 6.63. The molecule has 0 aliphatic rings. The SMILES string of the molecule is CNc1ccncc1C(=O)N(CCC#N)c1ccccc1. The molecule has 0 aliphatic heterocycles. The second-order valence-corrected chi connectivity index (χ2v) is 4.37. The van der Waals surface area contributed by atoms with Crippen molar-refractivity contribution < 1.29 is 4.79 Å². The molecule has 1 N–H and O–H groups in total. The lowest BCUT2D eigenvalue weighted by Crippen LogP contribution is -2.32. The summed E-state index contributed by atoms with van der Waals surface area (Å²) in [5.74, 6) is -0.172. The number of carbonyl (C=O) groups excluding carboxylic acids is 1. The summed E-state index contributed by atoms with van der Waals surface area (Å²) in [5.41, 5.74) is 1.97. The maximum absolute atomic E-state index is 12.8. The zero-order valence-electron chi connectivity index (χ0n) is 11.8. The molecule has 106 valence electrons. The number of anilines is 2. The Balaban J connectivity index is 2.37. The lowest BCUT2D eigenvalue weighted by atomic mass is 10.1. The first-order valence-corrected chi connectivity index (χ1v) is 6.63. The molecule has 0 radical (unpaired) electrons. The van der Waals surface area contributed by atoms with Gasteiger partial charge < -0.3 is 10.2 Å². The van der Waals surface area contributed by atoms with Gasteiger partial charge in [-0.15, -0.1) is 0 Å². The zero-order chi connectivity index (χ0) is 15.1. The third kappa shape index (κ3) is 3.37. The van der Waals surface area contributed by atoms with Gasteiger partial charge in [0.05, 0.1) is 18.1 Å². The summed E-state index contributed by atoms with van der Waals surface area (Å²) in [5, 5.41) is 11.8. The highest BCUT2D eigenvalue weighted by Gasteiger charge is 2.20. The van der Waals surface area contributed by atoms with Crippen LogP contribution in [0, 0.1) is 11.3 Å². The van der Waals surface area contributed by atoms with Gasteiger partial charge in [-0.05, 0) is 18.2 Å². The van der Waals surface area contributed by atoms with Crippen molar-refractivity contribution in [2.45, 2.75) is 6.42 Å². The van der Waals surface area contributed by atoms with Crippen LogP contribution in [0.25, 0.3) is 0 Å². The minimum atomic E-state index is -0.172. The van der Waals surface area contributed by atoms with Crippen LogP contribution in [-0.4, -0.2) is 24.5 Å². The highest BCUT2D eigenvalue weighted by molar-refractivity contribution is 6.09. The topological polar surface area (TPSA) is 69.0 Å². The number of aromatic nitrogens is 1. The molecule has 5 nitrogen and oxygen atoms in total. The highest BCUT2D eigenvalue weighted by atomic mass is 16.2. The molecule has 0 spiro atoms. The first kappa shape index (κ1) is 14.5. The van der Waals surface area contributed by atoms with Gasteiger partial charge in [-0.1, -0.05) is 18.2 Å². The van der Waals surface area contributed by atoms with Crippen molar-refractivity contribution in [1.29, 1.82) is 5.26 Å². The van der Waals surface area contributed by atoms with E-state index in [-0.39, 0.29) is 12.3 Å². The number of nitriles is 1. The van der Waals surface area contributed by atoms with E-state index in [4.69, 9.17) is 5.26 Å². The number of rotatable bonds is 5. The van der Waals surface area contributed by atoms with Crippen LogP contribution in [0.15, 0.2) is 48.8 Å². The average molecular weight is 280 g/mol. The predicted octanol–water partition coefficient (Wildman–Crippen LogP) is 2.68. The second kappa shape index (κ2) is 7.06. The fourth-order valence-corrected chi connectivity index (χ4v) is 2.05. The Morgan fingerprint density at radius 1 is 1.33 bits per heavy atom. The zero-order valence-corrected chi connectivity index (χ0v) is 11.8. The van der Waals surface area contributed by atoms with E-state index in [9.17, 15) is 4.79 Å². The Kier molecular flexibility index (Phi) is 4.89. The molecule has 21 heavy (non-hydrogen) atoms. The van der Waals surface area contributed by atoms with E-state index < -0.39 is 0 Å². The Bertz CT molecular complexity index is 649. The number of hydrogen-bond acceptors (Lipinski definition) is 4. The normalized spacial score (nSPS) is 9.71. The number of benzene rings is 1. The van der Waals surface area contributed by atoms with Crippen LogP contribution < -0.4 is 10.2 Å².